The molecule has 3 N–H and O–H groups in total. The third kappa shape index (κ3) is 2.84. The second-order valence-electron chi connectivity index (χ2n) is 5.06. The Kier molecular flexibility index (Phi) is 3.31. The number of aromatic nitrogens is 3. The highest BCUT2D eigenvalue weighted by molar-refractivity contribution is 5.68. The van der Waals surface area contributed by atoms with Gasteiger partial charge in [0.05, 0.1) is 0 Å². The van der Waals surface area contributed by atoms with E-state index in [1.54, 1.807) is 0 Å². The lowest BCUT2D eigenvalue weighted by molar-refractivity contribution is 0.672. The minimum absolute atomic E-state index is 0.571. The summed E-state index contributed by atoms with van der Waals surface area (Å²) in [5.41, 5.74) is 7.57. The molecule has 1 saturated carbocycles. The summed E-state index contributed by atoms with van der Waals surface area (Å²) >= 11 is 0. The monoisotopic (exact) mass is 254 g/mol. The Morgan fingerprint density at radius 2 is 2.05 bits per heavy atom. The van der Waals surface area contributed by atoms with Crippen LogP contribution in [0, 0.1) is 0 Å². The van der Waals surface area contributed by atoms with E-state index in [0.717, 1.165) is 22.9 Å². The molecule has 2 aromatic rings. The fourth-order valence-electron chi connectivity index (χ4n) is 2.58. The number of nitrogens with one attached hydrogen (secondary N) is 1. The number of benzene rings is 1. The smallest absolute Gasteiger partial charge is 0.173 e. The van der Waals surface area contributed by atoms with Crippen molar-refractivity contribution in [2.24, 2.45) is 0 Å². The van der Waals surface area contributed by atoms with Gasteiger partial charge in [0.1, 0.15) is 5.82 Å². The van der Waals surface area contributed by atoms with Gasteiger partial charge in [0.2, 0.25) is 0 Å². The molecular formula is C15H18N4. The number of nitrogen functional groups attached to an aromatic ring is 1. The molecule has 0 spiro atoms. The van der Waals surface area contributed by atoms with E-state index in [1.807, 2.05) is 36.4 Å². The maximum atomic E-state index is 5.74. The van der Waals surface area contributed by atoms with Crippen molar-refractivity contribution in [3.05, 3.63) is 41.5 Å². The minimum atomic E-state index is 0.571. The lowest BCUT2D eigenvalue weighted by Gasteiger charge is -2.01. The van der Waals surface area contributed by atoms with Crippen LogP contribution >= 0.6 is 0 Å². The summed E-state index contributed by atoms with van der Waals surface area (Å²) in [5, 5.41) is 7.30. The van der Waals surface area contributed by atoms with Gasteiger partial charge in [-0.2, -0.15) is 5.10 Å². The zero-order chi connectivity index (χ0) is 13.1. The van der Waals surface area contributed by atoms with Crippen molar-refractivity contribution in [1.29, 1.82) is 0 Å². The molecule has 1 heterocycles. The lowest BCUT2D eigenvalue weighted by Crippen LogP contribution is -1.94. The Balaban J connectivity index is 1.73. The summed E-state index contributed by atoms with van der Waals surface area (Å²) in [5.74, 6) is 2.34. The molecule has 1 aromatic carbocycles. The van der Waals surface area contributed by atoms with E-state index in [2.05, 4.69) is 15.2 Å². The van der Waals surface area contributed by atoms with Crippen LogP contribution in [0.25, 0.3) is 12.2 Å². The van der Waals surface area contributed by atoms with Crippen molar-refractivity contribution in [3.63, 3.8) is 0 Å². The average Bonchev–Trinajstić information content (AvgIpc) is 3.07. The van der Waals surface area contributed by atoms with E-state index < -0.39 is 0 Å². The van der Waals surface area contributed by atoms with Crippen LogP contribution in [0.2, 0.25) is 0 Å². The summed E-state index contributed by atoms with van der Waals surface area (Å²) in [4.78, 5) is 4.55. The normalized spacial score (nSPS) is 16.4. The summed E-state index contributed by atoms with van der Waals surface area (Å²) in [6.07, 6.45) is 8.97. The number of nitrogens with two attached hydrogens (primary N) is 1. The van der Waals surface area contributed by atoms with Crippen molar-refractivity contribution < 1.29 is 0 Å². The SMILES string of the molecule is Nc1cccc(/C=C/c2n[nH]c(C3CCCC3)n2)c1. The first-order valence-electron chi connectivity index (χ1n) is 6.77. The third-order valence-corrected chi connectivity index (χ3v) is 3.60. The number of hydrogen-bond acceptors (Lipinski definition) is 3. The molecular weight excluding hydrogens is 236 g/mol. The summed E-state index contributed by atoms with van der Waals surface area (Å²) in [7, 11) is 0. The standard InChI is InChI=1S/C15H18N4/c16-13-7-3-4-11(10-13)8-9-14-17-15(19-18-14)12-5-1-2-6-12/h3-4,7-10,12H,1-2,5-6,16H2,(H,17,18,19)/b9-8+. The van der Waals surface area contributed by atoms with Crippen LogP contribution in [0.4, 0.5) is 5.69 Å². The maximum absolute atomic E-state index is 5.74. The van der Waals surface area contributed by atoms with Crippen LogP contribution in [-0.4, -0.2) is 15.2 Å². The van der Waals surface area contributed by atoms with Gasteiger partial charge in [0, 0.05) is 11.6 Å². The van der Waals surface area contributed by atoms with Crippen LogP contribution in [0.3, 0.4) is 0 Å². The van der Waals surface area contributed by atoms with Crippen molar-refractivity contribution in [2.45, 2.75) is 31.6 Å². The van der Waals surface area contributed by atoms with Crippen LogP contribution in [0.5, 0.6) is 0 Å². The molecule has 4 nitrogen and oxygen atoms in total. The Morgan fingerprint density at radius 3 is 2.84 bits per heavy atom. The predicted octanol–water partition coefficient (Wildman–Crippen LogP) is 3.21. The Bertz CT molecular complexity index is 579. The number of rotatable bonds is 3. The molecule has 0 bridgehead atoms. The van der Waals surface area contributed by atoms with Gasteiger partial charge in [-0.25, -0.2) is 4.98 Å². The predicted molar refractivity (Wildman–Crippen MR) is 77.4 cm³/mol. The van der Waals surface area contributed by atoms with Gasteiger partial charge in [-0.05, 0) is 36.6 Å². The second kappa shape index (κ2) is 5.26. The molecule has 4 heteroatoms. The fourth-order valence-corrected chi connectivity index (χ4v) is 2.58. The highest BCUT2D eigenvalue weighted by atomic mass is 15.2. The number of hydrogen-bond donors (Lipinski definition) is 2. The third-order valence-electron chi connectivity index (χ3n) is 3.60. The minimum Gasteiger partial charge on any atom is -0.399 e. The number of H-pyrrole nitrogens is 1. The number of anilines is 1. The molecule has 98 valence electrons. The summed E-state index contributed by atoms with van der Waals surface area (Å²) in [6.45, 7) is 0. The molecule has 1 aliphatic carbocycles. The van der Waals surface area contributed by atoms with Gasteiger partial charge >= 0.3 is 0 Å². The second-order valence-corrected chi connectivity index (χ2v) is 5.06. The summed E-state index contributed by atoms with van der Waals surface area (Å²) in [6, 6.07) is 7.76. The molecule has 19 heavy (non-hydrogen) atoms. The van der Waals surface area contributed by atoms with Crippen molar-refractivity contribution in [3.8, 4) is 0 Å². The van der Waals surface area contributed by atoms with E-state index in [9.17, 15) is 0 Å². The number of nitrogens with zero attached hydrogens (tertiary/aromatic N) is 2. The Hall–Kier alpha value is -2.10. The molecule has 3 rings (SSSR count). The highest BCUT2D eigenvalue weighted by Gasteiger charge is 2.19. The van der Waals surface area contributed by atoms with Crippen molar-refractivity contribution in [1.82, 2.24) is 15.2 Å². The van der Waals surface area contributed by atoms with Gasteiger partial charge in [-0.3, -0.25) is 5.10 Å². The van der Waals surface area contributed by atoms with Crippen molar-refractivity contribution >= 4 is 17.8 Å². The van der Waals surface area contributed by atoms with E-state index in [-0.39, 0.29) is 0 Å². The molecule has 0 aliphatic heterocycles. The van der Waals surface area contributed by atoms with Crippen LogP contribution in [0.15, 0.2) is 24.3 Å². The first-order chi connectivity index (χ1) is 9.31. The van der Waals surface area contributed by atoms with E-state index in [1.165, 1.54) is 25.7 Å². The van der Waals surface area contributed by atoms with Gasteiger partial charge in [-0.1, -0.05) is 31.1 Å². The van der Waals surface area contributed by atoms with Crippen LogP contribution < -0.4 is 5.73 Å². The van der Waals surface area contributed by atoms with E-state index >= 15 is 0 Å². The molecule has 0 unspecified atom stereocenters. The van der Waals surface area contributed by atoms with Crippen molar-refractivity contribution in [2.75, 3.05) is 5.73 Å². The maximum Gasteiger partial charge on any atom is 0.173 e. The molecule has 1 aliphatic rings. The van der Waals surface area contributed by atoms with Gasteiger partial charge < -0.3 is 5.73 Å². The zero-order valence-corrected chi connectivity index (χ0v) is 10.8. The molecule has 0 radical (unpaired) electrons. The van der Waals surface area contributed by atoms with Gasteiger partial charge in [-0.15, -0.1) is 0 Å². The molecule has 1 fully saturated rings. The van der Waals surface area contributed by atoms with Crippen LogP contribution in [-0.2, 0) is 0 Å². The fraction of sp³-hybridized carbons (Fsp3) is 0.333. The topological polar surface area (TPSA) is 67.6 Å². The average molecular weight is 254 g/mol. The number of aromatic amines is 1. The summed E-state index contributed by atoms with van der Waals surface area (Å²) < 4.78 is 0. The van der Waals surface area contributed by atoms with E-state index in [0.29, 0.717) is 5.92 Å². The highest BCUT2D eigenvalue weighted by Crippen LogP contribution is 2.31. The van der Waals surface area contributed by atoms with Crippen LogP contribution in [0.1, 0.15) is 48.8 Å². The van der Waals surface area contributed by atoms with E-state index in [4.69, 9.17) is 5.73 Å². The lowest BCUT2D eigenvalue weighted by atomic mass is 10.1. The first kappa shape index (κ1) is 12.0. The Labute approximate surface area is 112 Å². The molecule has 0 saturated heterocycles. The quantitative estimate of drug-likeness (QED) is 0.826. The van der Waals surface area contributed by atoms with Gasteiger partial charge in [0.15, 0.2) is 5.82 Å². The largest absolute Gasteiger partial charge is 0.399 e. The van der Waals surface area contributed by atoms with Gasteiger partial charge in [0.25, 0.3) is 0 Å². The molecule has 0 amide bonds. The Morgan fingerprint density at radius 1 is 1.21 bits per heavy atom. The molecule has 0 atom stereocenters. The zero-order valence-electron chi connectivity index (χ0n) is 10.8. The first-order valence-corrected chi connectivity index (χ1v) is 6.77. The molecule has 1 aromatic heterocycles.